The lowest BCUT2D eigenvalue weighted by Gasteiger charge is -2.35. The largest absolute Gasteiger partial charge is 0.395 e. The molecule has 4 heteroatoms. The molecule has 1 heterocycles. The molecule has 0 amide bonds. The number of aliphatic hydroxyl groups excluding tert-OH is 1. The van der Waals surface area contributed by atoms with Gasteiger partial charge in [0.1, 0.15) is 5.82 Å². The van der Waals surface area contributed by atoms with Crippen molar-refractivity contribution in [1.29, 1.82) is 0 Å². The van der Waals surface area contributed by atoms with Gasteiger partial charge in [0.05, 0.1) is 6.61 Å². The van der Waals surface area contributed by atoms with Crippen molar-refractivity contribution in [2.75, 3.05) is 26.7 Å². The van der Waals surface area contributed by atoms with Crippen LogP contribution >= 0.6 is 0 Å². The monoisotopic (exact) mass is 280 g/mol. The number of benzene rings is 1. The maximum absolute atomic E-state index is 13.8. The molecule has 0 radical (unpaired) electrons. The van der Waals surface area contributed by atoms with Crippen LogP contribution in [0, 0.1) is 5.82 Å². The second-order valence-electron chi connectivity index (χ2n) is 5.52. The van der Waals surface area contributed by atoms with Crippen molar-refractivity contribution in [1.82, 2.24) is 10.2 Å². The Balaban J connectivity index is 1.95. The van der Waals surface area contributed by atoms with Crippen LogP contribution in [0.15, 0.2) is 24.3 Å². The van der Waals surface area contributed by atoms with Crippen molar-refractivity contribution in [3.63, 3.8) is 0 Å². The topological polar surface area (TPSA) is 35.5 Å². The fourth-order valence-electron chi connectivity index (χ4n) is 3.07. The Morgan fingerprint density at radius 2 is 2.20 bits per heavy atom. The quantitative estimate of drug-likeness (QED) is 0.839. The third-order valence-corrected chi connectivity index (χ3v) is 4.29. The van der Waals surface area contributed by atoms with Crippen molar-refractivity contribution in [3.05, 3.63) is 35.6 Å². The molecule has 1 aliphatic rings. The second kappa shape index (κ2) is 7.72. The molecule has 0 bridgehead atoms. The summed E-state index contributed by atoms with van der Waals surface area (Å²) < 4.78 is 13.8. The minimum Gasteiger partial charge on any atom is -0.395 e. The Morgan fingerprint density at radius 1 is 1.40 bits per heavy atom. The number of piperidine rings is 1. The number of halogens is 1. The van der Waals surface area contributed by atoms with Gasteiger partial charge in [0.25, 0.3) is 0 Å². The predicted octanol–water partition coefficient (Wildman–Crippen LogP) is 2.32. The molecular formula is C16H25FN2O. The van der Waals surface area contributed by atoms with Gasteiger partial charge in [0.2, 0.25) is 0 Å². The van der Waals surface area contributed by atoms with Gasteiger partial charge in [-0.25, -0.2) is 4.39 Å². The zero-order valence-corrected chi connectivity index (χ0v) is 12.2. The van der Waals surface area contributed by atoms with E-state index >= 15 is 0 Å². The van der Waals surface area contributed by atoms with Crippen LogP contribution in [0.2, 0.25) is 0 Å². The number of nitrogens with one attached hydrogen (secondary N) is 1. The van der Waals surface area contributed by atoms with Gasteiger partial charge in [-0.2, -0.15) is 0 Å². The molecular weight excluding hydrogens is 255 g/mol. The lowest BCUT2D eigenvalue weighted by molar-refractivity contribution is 0.0866. The normalized spacial score (nSPS) is 21.9. The maximum Gasteiger partial charge on any atom is 0.127 e. The molecule has 112 valence electrons. The number of rotatable bonds is 6. The third kappa shape index (κ3) is 3.78. The Morgan fingerprint density at radius 3 is 2.90 bits per heavy atom. The van der Waals surface area contributed by atoms with E-state index in [9.17, 15) is 9.50 Å². The number of likely N-dealkylation sites (tertiary alicyclic amines) is 1. The van der Waals surface area contributed by atoms with E-state index in [1.807, 2.05) is 19.2 Å². The summed E-state index contributed by atoms with van der Waals surface area (Å²) in [5, 5.41) is 12.6. The molecule has 20 heavy (non-hydrogen) atoms. The van der Waals surface area contributed by atoms with Crippen molar-refractivity contribution >= 4 is 0 Å². The van der Waals surface area contributed by atoms with E-state index in [2.05, 4.69) is 10.2 Å². The highest BCUT2D eigenvalue weighted by Crippen LogP contribution is 2.22. The summed E-state index contributed by atoms with van der Waals surface area (Å²) in [7, 11) is 1.87. The molecule has 1 aromatic rings. The van der Waals surface area contributed by atoms with Crippen molar-refractivity contribution < 1.29 is 9.50 Å². The average Bonchev–Trinajstić information content (AvgIpc) is 2.50. The summed E-state index contributed by atoms with van der Waals surface area (Å²) in [6, 6.07) is 7.25. The van der Waals surface area contributed by atoms with E-state index in [0.717, 1.165) is 31.5 Å². The van der Waals surface area contributed by atoms with E-state index in [1.54, 1.807) is 6.07 Å². The third-order valence-electron chi connectivity index (χ3n) is 4.29. The van der Waals surface area contributed by atoms with Gasteiger partial charge >= 0.3 is 0 Å². The Labute approximate surface area is 120 Å². The lowest BCUT2D eigenvalue weighted by atomic mass is 9.99. The smallest absolute Gasteiger partial charge is 0.127 e. The Hall–Kier alpha value is -0.970. The van der Waals surface area contributed by atoms with E-state index in [-0.39, 0.29) is 24.5 Å². The molecule has 2 unspecified atom stereocenters. The minimum atomic E-state index is -0.149. The summed E-state index contributed by atoms with van der Waals surface area (Å²) in [6.07, 6.45) is 4.32. The van der Waals surface area contributed by atoms with Crippen molar-refractivity contribution in [2.24, 2.45) is 0 Å². The molecule has 1 saturated heterocycles. The summed E-state index contributed by atoms with van der Waals surface area (Å²) in [5.41, 5.74) is 0.729. The molecule has 2 atom stereocenters. The van der Waals surface area contributed by atoms with Crippen LogP contribution in [0.1, 0.15) is 37.3 Å². The highest BCUT2D eigenvalue weighted by Gasteiger charge is 2.23. The molecule has 0 aliphatic carbocycles. The van der Waals surface area contributed by atoms with Crippen molar-refractivity contribution in [2.45, 2.75) is 37.8 Å². The number of nitrogens with zero attached hydrogens (tertiary/aromatic N) is 1. The van der Waals surface area contributed by atoms with Gasteiger partial charge < -0.3 is 10.4 Å². The first kappa shape index (κ1) is 15.4. The number of hydrogen-bond donors (Lipinski definition) is 2. The van der Waals surface area contributed by atoms with Crippen LogP contribution in [-0.2, 0) is 0 Å². The highest BCUT2D eigenvalue weighted by molar-refractivity contribution is 5.21. The van der Waals surface area contributed by atoms with Crippen LogP contribution in [0.4, 0.5) is 4.39 Å². The molecule has 1 aromatic carbocycles. The molecule has 0 spiro atoms. The zero-order chi connectivity index (χ0) is 14.4. The summed E-state index contributed by atoms with van der Waals surface area (Å²) in [4.78, 5) is 2.34. The fourth-order valence-corrected chi connectivity index (χ4v) is 3.07. The minimum absolute atomic E-state index is 0.0254. The van der Waals surface area contributed by atoms with Crippen LogP contribution in [-0.4, -0.2) is 42.8 Å². The first-order valence-corrected chi connectivity index (χ1v) is 7.53. The maximum atomic E-state index is 13.8. The second-order valence-corrected chi connectivity index (χ2v) is 5.52. The first-order valence-electron chi connectivity index (χ1n) is 7.53. The molecule has 0 saturated carbocycles. The van der Waals surface area contributed by atoms with Crippen molar-refractivity contribution in [3.8, 4) is 0 Å². The Kier molecular flexibility index (Phi) is 5.95. The SMILES string of the molecule is CNC(CCN1CCCCC1CO)c1ccccc1F. The van der Waals surface area contributed by atoms with Gasteiger partial charge in [0.15, 0.2) is 0 Å². The number of aliphatic hydroxyl groups is 1. The molecule has 2 N–H and O–H groups in total. The van der Waals surface area contributed by atoms with Gasteiger partial charge in [-0.1, -0.05) is 24.6 Å². The fraction of sp³-hybridized carbons (Fsp3) is 0.625. The Bertz CT molecular complexity index is 413. The summed E-state index contributed by atoms with van der Waals surface area (Å²) >= 11 is 0. The predicted molar refractivity (Wildman–Crippen MR) is 79.1 cm³/mol. The summed E-state index contributed by atoms with van der Waals surface area (Å²) in [6.45, 7) is 2.16. The highest BCUT2D eigenvalue weighted by atomic mass is 19.1. The van der Waals surface area contributed by atoms with E-state index in [4.69, 9.17) is 0 Å². The molecule has 2 rings (SSSR count). The number of hydrogen-bond acceptors (Lipinski definition) is 3. The molecule has 1 aliphatic heterocycles. The van der Waals surface area contributed by atoms with E-state index < -0.39 is 0 Å². The van der Waals surface area contributed by atoms with Gasteiger partial charge in [0, 0.05) is 24.2 Å². The van der Waals surface area contributed by atoms with Crippen LogP contribution in [0.25, 0.3) is 0 Å². The van der Waals surface area contributed by atoms with Crippen LogP contribution < -0.4 is 5.32 Å². The standard InChI is InChI=1S/C16H25FN2O/c1-18-16(14-7-2-3-8-15(14)17)9-11-19-10-5-4-6-13(19)12-20/h2-3,7-8,13,16,18,20H,4-6,9-12H2,1H3. The molecule has 0 aromatic heterocycles. The molecule has 3 nitrogen and oxygen atoms in total. The lowest BCUT2D eigenvalue weighted by Crippen LogP contribution is -2.43. The molecule has 1 fully saturated rings. The zero-order valence-electron chi connectivity index (χ0n) is 12.2. The van der Waals surface area contributed by atoms with Gasteiger partial charge in [-0.15, -0.1) is 0 Å². The van der Waals surface area contributed by atoms with Gasteiger partial charge in [-0.05, 0) is 38.9 Å². The summed E-state index contributed by atoms with van der Waals surface area (Å²) in [5.74, 6) is -0.149. The van der Waals surface area contributed by atoms with Gasteiger partial charge in [-0.3, -0.25) is 4.90 Å². The van der Waals surface area contributed by atoms with E-state index in [0.29, 0.717) is 0 Å². The average molecular weight is 280 g/mol. The van der Waals surface area contributed by atoms with Crippen LogP contribution in [0.3, 0.4) is 0 Å². The van der Waals surface area contributed by atoms with Crippen LogP contribution in [0.5, 0.6) is 0 Å². The first-order chi connectivity index (χ1) is 9.76. The van der Waals surface area contributed by atoms with E-state index in [1.165, 1.54) is 18.9 Å².